The molecule has 2 fully saturated rings. The van der Waals surface area contributed by atoms with E-state index in [0.717, 1.165) is 44.6 Å². The van der Waals surface area contributed by atoms with E-state index in [1.165, 1.54) is 0 Å². The van der Waals surface area contributed by atoms with Crippen LogP contribution in [0.15, 0.2) is 10.9 Å². The van der Waals surface area contributed by atoms with Crippen molar-refractivity contribution in [2.45, 2.75) is 64.3 Å². The van der Waals surface area contributed by atoms with Crippen molar-refractivity contribution in [3.8, 4) is 0 Å². The number of carbonyl (C=O) groups is 1. The number of aromatic nitrogens is 1. The summed E-state index contributed by atoms with van der Waals surface area (Å²) in [4.78, 5) is 21.3. The van der Waals surface area contributed by atoms with E-state index in [0.29, 0.717) is 6.04 Å². The normalized spacial score (nSPS) is 26.0. The van der Waals surface area contributed by atoms with Crippen molar-refractivity contribution in [3.05, 3.63) is 16.6 Å². The third kappa shape index (κ3) is 3.60. The Morgan fingerprint density at radius 3 is 2.82 bits per heavy atom. The Balaban J connectivity index is 1.66. The molecule has 0 N–H and O–H groups in total. The number of likely N-dealkylation sites (tertiary alicyclic amines) is 1. The summed E-state index contributed by atoms with van der Waals surface area (Å²) in [5.74, 6) is 0. The van der Waals surface area contributed by atoms with Gasteiger partial charge >= 0.3 is 6.09 Å². The van der Waals surface area contributed by atoms with Crippen molar-refractivity contribution in [1.82, 2.24) is 14.8 Å². The monoisotopic (exact) mass is 323 g/mol. The Kier molecular flexibility index (Phi) is 4.41. The molecule has 1 amide bonds. The molecule has 0 radical (unpaired) electrons. The second-order valence-corrected chi connectivity index (χ2v) is 7.99. The highest BCUT2D eigenvalue weighted by molar-refractivity contribution is 7.07. The fourth-order valence-corrected chi connectivity index (χ4v) is 4.00. The summed E-state index contributed by atoms with van der Waals surface area (Å²) >= 11 is 1.64. The van der Waals surface area contributed by atoms with Crippen molar-refractivity contribution < 1.29 is 9.53 Å². The van der Waals surface area contributed by atoms with Gasteiger partial charge in [-0.05, 0) is 40.0 Å². The number of carbonyl (C=O) groups excluding carboxylic acids is 1. The van der Waals surface area contributed by atoms with Gasteiger partial charge in [0.15, 0.2) is 0 Å². The number of ether oxygens (including phenoxy) is 1. The molecule has 5 nitrogen and oxygen atoms in total. The number of hydrogen-bond acceptors (Lipinski definition) is 5. The molecule has 2 atom stereocenters. The number of fused-ring (bicyclic) bond motifs is 2. The SMILES string of the molecule is CC(C)(C)OC(=O)N1C2CCC1CN(Cc1cscn1)CC2. The highest BCUT2D eigenvalue weighted by atomic mass is 32.1. The molecule has 2 saturated heterocycles. The van der Waals surface area contributed by atoms with Crippen LogP contribution in [0.5, 0.6) is 0 Å². The molecule has 3 rings (SSSR count). The summed E-state index contributed by atoms with van der Waals surface area (Å²) in [5, 5.41) is 2.11. The molecule has 2 bridgehead atoms. The van der Waals surface area contributed by atoms with Gasteiger partial charge in [-0.1, -0.05) is 0 Å². The Labute approximate surface area is 136 Å². The fraction of sp³-hybridized carbons (Fsp3) is 0.750. The van der Waals surface area contributed by atoms with Gasteiger partial charge in [0.05, 0.1) is 11.2 Å². The standard InChI is InChI=1S/C16H25N3O2S/c1-16(2,3)21-15(20)19-13-4-5-14(19)9-18(7-6-13)8-12-10-22-11-17-12/h10-11,13-14H,4-9H2,1-3H3. The van der Waals surface area contributed by atoms with Gasteiger partial charge < -0.3 is 9.64 Å². The van der Waals surface area contributed by atoms with Crippen LogP contribution in [0.1, 0.15) is 45.7 Å². The maximum Gasteiger partial charge on any atom is 0.410 e. The number of thiazole rings is 1. The number of nitrogens with zero attached hydrogens (tertiary/aromatic N) is 3. The fourth-order valence-electron chi connectivity index (χ4n) is 3.45. The molecule has 2 aliphatic rings. The van der Waals surface area contributed by atoms with Gasteiger partial charge in [-0.3, -0.25) is 4.90 Å². The molecule has 6 heteroatoms. The minimum Gasteiger partial charge on any atom is -0.444 e. The molecule has 122 valence electrons. The number of rotatable bonds is 2. The Morgan fingerprint density at radius 1 is 1.36 bits per heavy atom. The molecule has 0 saturated carbocycles. The van der Waals surface area contributed by atoms with Crippen molar-refractivity contribution in [2.24, 2.45) is 0 Å². The highest BCUT2D eigenvalue weighted by Crippen LogP contribution is 2.32. The second kappa shape index (κ2) is 6.16. The van der Waals surface area contributed by atoms with E-state index in [1.807, 2.05) is 31.2 Å². The minimum atomic E-state index is -0.427. The predicted molar refractivity (Wildman–Crippen MR) is 86.9 cm³/mol. The first kappa shape index (κ1) is 15.7. The summed E-state index contributed by atoms with van der Waals surface area (Å²) in [6.45, 7) is 8.62. The minimum absolute atomic E-state index is 0.143. The van der Waals surface area contributed by atoms with Gasteiger partial charge in [-0.15, -0.1) is 11.3 Å². The molecule has 0 aromatic carbocycles. The van der Waals surface area contributed by atoms with Gasteiger partial charge in [-0.2, -0.15) is 0 Å². The van der Waals surface area contributed by atoms with Crippen LogP contribution in [-0.2, 0) is 11.3 Å². The average Bonchev–Trinajstić information content (AvgIpc) is 2.97. The van der Waals surface area contributed by atoms with Crippen molar-refractivity contribution >= 4 is 17.4 Å². The molecule has 1 aromatic heterocycles. The maximum atomic E-state index is 12.5. The maximum absolute atomic E-state index is 12.5. The molecular weight excluding hydrogens is 298 g/mol. The summed E-state index contributed by atoms with van der Waals surface area (Å²) in [6.07, 6.45) is 3.07. The highest BCUT2D eigenvalue weighted by Gasteiger charge is 2.41. The zero-order valence-corrected chi connectivity index (χ0v) is 14.4. The Morgan fingerprint density at radius 2 is 2.14 bits per heavy atom. The molecule has 2 aliphatic heterocycles. The van der Waals surface area contributed by atoms with Crippen LogP contribution >= 0.6 is 11.3 Å². The van der Waals surface area contributed by atoms with Crippen LogP contribution in [0.2, 0.25) is 0 Å². The summed E-state index contributed by atoms with van der Waals surface area (Å²) in [6, 6.07) is 0.612. The van der Waals surface area contributed by atoms with Crippen LogP contribution in [-0.4, -0.2) is 51.7 Å². The lowest BCUT2D eigenvalue weighted by molar-refractivity contribution is 0.0152. The first-order valence-corrected chi connectivity index (χ1v) is 8.97. The first-order valence-electron chi connectivity index (χ1n) is 8.03. The van der Waals surface area contributed by atoms with E-state index in [-0.39, 0.29) is 12.1 Å². The van der Waals surface area contributed by atoms with Crippen LogP contribution in [0.3, 0.4) is 0 Å². The van der Waals surface area contributed by atoms with E-state index >= 15 is 0 Å². The van der Waals surface area contributed by atoms with Crippen LogP contribution < -0.4 is 0 Å². The van der Waals surface area contributed by atoms with E-state index in [4.69, 9.17) is 4.74 Å². The Bertz CT molecular complexity index is 512. The summed E-state index contributed by atoms with van der Waals surface area (Å²) in [7, 11) is 0. The van der Waals surface area contributed by atoms with Crippen LogP contribution in [0.25, 0.3) is 0 Å². The number of hydrogen-bond donors (Lipinski definition) is 0. The first-order chi connectivity index (χ1) is 10.4. The van der Waals surface area contributed by atoms with Crippen LogP contribution in [0, 0.1) is 0 Å². The second-order valence-electron chi connectivity index (χ2n) is 7.28. The molecule has 22 heavy (non-hydrogen) atoms. The smallest absolute Gasteiger partial charge is 0.410 e. The van der Waals surface area contributed by atoms with Crippen LogP contribution in [0.4, 0.5) is 4.79 Å². The molecular formula is C16H25N3O2S. The lowest BCUT2D eigenvalue weighted by atomic mass is 10.1. The van der Waals surface area contributed by atoms with E-state index in [1.54, 1.807) is 11.3 Å². The molecule has 3 heterocycles. The lowest BCUT2D eigenvalue weighted by Crippen LogP contribution is -2.45. The number of amides is 1. The van der Waals surface area contributed by atoms with Gasteiger partial charge in [0.2, 0.25) is 0 Å². The zero-order valence-electron chi connectivity index (χ0n) is 13.6. The predicted octanol–water partition coefficient (Wildman–Crippen LogP) is 3.12. The lowest BCUT2D eigenvalue weighted by Gasteiger charge is -2.31. The molecule has 0 aliphatic carbocycles. The quantitative estimate of drug-likeness (QED) is 0.839. The average molecular weight is 323 g/mol. The summed E-state index contributed by atoms with van der Waals surface area (Å²) < 4.78 is 5.61. The van der Waals surface area contributed by atoms with Crippen molar-refractivity contribution in [2.75, 3.05) is 13.1 Å². The topological polar surface area (TPSA) is 45.7 Å². The zero-order chi connectivity index (χ0) is 15.7. The van der Waals surface area contributed by atoms with Crippen molar-refractivity contribution in [1.29, 1.82) is 0 Å². The van der Waals surface area contributed by atoms with E-state index in [2.05, 4.69) is 15.3 Å². The Hall–Kier alpha value is -1.14. The third-order valence-electron chi connectivity index (χ3n) is 4.34. The summed E-state index contributed by atoms with van der Waals surface area (Å²) in [5.41, 5.74) is 2.58. The molecule has 0 spiro atoms. The molecule has 2 unspecified atom stereocenters. The van der Waals surface area contributed by atoms with Gasteiger partial charge in [0.1, 0.15) is 5.60 Å². The van der Waals surface area contributed by atoms with E-state index in [9.17, 15) is 4.79 Å². The van der Waals surface area contributed by atoms with Gasteiger partial charge in [0.25, 0.3) is 0 Å². The van der Waals surface area contributed by atoms with E-state index < -0.39 is 5.60 Å². The third-order valence-corrected chi connectivity index (χ3v) is 4.98. The van der Waals surface area contributed by atoms with Gasteiger partial charge in [0, 0.05) is 37.1 Å². The largest absolute Gasteiger partial charge is 0.444 e. The molecule has 1 aromatic rings. The van der Waals surface area contributed by atoms with Gasteiger partial charge in [-0.25, -0.2) is 9.78 Å². The van der Waals surface area contributed by atoms with Crippen molar-refractivity contribution in [3.63, 3.8) is 0 Å².